The lowest BCUT2D eigenvalue weighted by Crippen LogP contribution is -2.72. The van der Waals surface area contributed by atoms with Gasteiger partial charge in [-0.15, -0.1) is 0 Å². The van der Waals surface area contributed by atoms with E-state index in [4.69, 9.17) is 0 Å². The first-order valence-corrected chi connectivity index (χ1v) is 9.68. The maximum absolute atomic E-state index is 13.6. The lowest BCUT2D eigenvalue weighted by Gasteiger charge is -2.41. The summed E-state index contributed by atoms with van der Waals surface area (Å²) in [6.07, 6.45) is -9.79. The van der Waals surface area contributed by atoms with Crippen molar-refractivity contribution in [3.8, 4) is 0 Å². The summed E-state index contributed by atoms with van der Waals surface area (Å²) in [4.78, 5) is 0. The van der Waals surface area contributed by atoms with Crippen molar-refractivity contribution in [2.45, 2.75) is 68.0 Å². The summed E-state index contributed by atoms with van der Waals surface area (Å²) in [6, 6.07) is -0.902. The highest BCUT2D eigenvalue weighted by molar-refractivity contribution is 6.31. The van der Waals surface area contributed by atoms with Gasteiger partial charge >= 0.3 is 41.7 Å². The summed E-state index contributed by atoms with van der Waals surface area (Å²) >= 11 is 0. The summed E-state index contributed by atoms with van der Waals surface area (Å²) in [5, 5.41) is 0. The first kappa shape index (κ1) is 29.1. The molecule has 0 bridgehead atoms. The quantitative estimate of drug-likeness (QED) is 0.265. The number of hydrogen-bond donors (Lipinski definition) is 0. The zero-order chi connectivity index (χ0) is 24.6. The van der Waals surface area contributed by atoms with Crippen LogP contribution in [0.2, 0.25) is 6.04 Å². The second-order valence-electron chi connectivity index (χ2n) is 6.20. The third kappa shape index (κ3) is 4.50. The summed E-state index contributed by atoms with van der Waals surface area (Å²) in [5.74, 6) is -45.8. The molecule has 1 nitrogen and oxygen atoms in total. The highest BCUT2D eigenvalue weighted by Crippen LogP contribution is 2.62. The average Bonchev–Trinajstić information content (AvgIpc) is 2.56. The lowest BCUT2D eigenvalue weighted by atomic mass is 9.90. The standard InChI is InChI=1S/C13H16F15NSi/c1-3-29(4-2)30-6-5-7(14,15)8(16,17)9(18,19)10(20,21)11(22,23)12(24,25)13(26,27)28/h3-6,30H2,1-2H3. The van der Waals surface area contributed by atoms with Crippen molar-refractivity contribution in [2.24, 2.45) is 0 Å². The van der Waals surface area contributed by atoms with Gasteiger partial charge in [-0.3, -0.25) is 0 Å². The van der Waals surface area contributed by atoms with E-state index in [-0.39, 0.29) is 13.1 Å². The minimum atomic E-state index is -8.21. The summed E-state index contributed by atoms with van der Waals surface area (Å²) in [6.45, 7) is 3.50. The third-order valence-electron chi connectivity index (χ3n) is 4.25. The van der Waals surface area contributed by atoms with Gasteiger partial charge in [-0.1, -0.05) is 13.8 Å². The van der Waals surface area contributed by atoms with Gasteiger partial charge in [0.15, 0.2) is 0 Å². The van der Waals surface area contributed by atoms with Crippen molar-refractivity contribution in [3.63, 3.8) is 0 Å². The Balaban J connectivity index is 6.05. The van der Waals surface area contributed by atoms with Gasteiger partial charge in [0.2, 0.25) is 0 Å². The van der Waals surface area contributed by atoms with Crippen LogP contribution in [0, 0.1) is 0 Å². The molecular weight excluding hydrogens is 483 g/mol. The van der Waals surface area contributed by atoms with E-state index in [1.54, 1.807) is 0 Å². The topological polar surface area (TPSA) is 3.24 Å². The molecule has 0 heterocycles. The molecule has 0 aliphatic heterocycles. The van der Waals surface area contributed by atoms with Crippen LogP contribution < -0.4 is 0 Å². The van der Waals surface area contributed by atoms with Crippen molar-refractivity contribution in [3.05, 3.63) is 0 Å². The van der Waals surface area contributed by atoms with E-state index in [1.807, 2.05) is 0 Å². The van der Waals surface area contributed by atoms with Crippen molar-refractivity contribution in [2.75, 3.05) is 13.1 Å². The van der Waals surface area contributed by atoms with Crippen molar-refractivity contribution in [1.29, 1.82) is 0 Å². The smallest absolute Gasteiger partial charge is 0.330 e. The highest BCUT2D eigenvalue weighted by atomic mass is 28.2. The molecule has 0 N–H and O–H groups in total. The minimum absolute atomic E-state index is 0.234. The normalized spacial score (nSPS) is 16.2. The molecule has 0 fully saturated rings. The summed E-state index contributed by atoms with van der Waals surface area (Å²) < 4.78 is 196. The van der Waals surface area contributed by atoms with Crippen LogP contribution in [0.4, 0.5) is 65.9 Å². The molecule has 30 heavy (non-hydrogen) atoms. The maximum Gasteiger partial charge on any atom is 0.460 e. The van der Waals surface area contributed by atoms with Gasteiger partial charge in [0.25, 0.3) is 0 Å². The zero-order valence-electron chi connectivity index (χ0n) is 15.2. The molecule has 0 saturated carbocycles. The van der Waals surface area contributed by atoms with Gasteiger partial charge in [0, 0.05) is 6.42 Å². The Labute approximate surface area is 162 Å². The third-order valence-corrected chi connectivity index (χ3v) is 6.45. The lowest BCUT2D eigenvalue weighted by molar-refractivity contribution is -0.452. The monoisotopic (exact) mass is 499 g/mol. The predicted octanol–water partition coefficient (Wildman–Crippen LogP) is 5.59. The fourth-order valence-electron chi connectivity index (χ4n) is 2.22. The SMILES string of the molecule is CCN(CC)[SiH2]CCC(F)(F)C(F)(F)C(F)(F)C(F)(F)C(F)(F)C(F)(F)C(F)(F)F. The molecular formula is C13H16F15NSi. The molecule has 0 amide bonds. The van der Waals surface area contributed by atoms with E-state index in [2.05, 4.69) is 0 Å². The van der Waals surface area contributed by atoms with Crippen LogP contribution in [-0.4, -0.2) is 69.0 Å². The van der Waals surface area contributed by atoms with Gasteiger partial charge in [-0.05, 0) is 19.1 Å². The van der Waals surface area contributed by atoms with Gasteiger partial charge < -0.3 is 4.57 Å². The van der Waals surface area contributed by atoms with E-state index in [9.17, 15) is 65.9 Å². The van der Waals surface area contributed by atoms with Crippen LogP contribution >= 0.6 is 0 Å². The van der Waals surface area contributed by atoms with Crippen LogP contribution in [0.1, 0.15) is 20.3 Å². The van der Waals surface area contributed by atoms with Gasteiger partial charge in [0.1, 0.15) is 0 Å². The molecule has 0 aromatic carbocycles. The Hall–Kier alpha value is -0.873. The van der Waals surface area contributed by atoms with Crippen LogP contribution in [-0.2, 0) is 0 Å². The minimum Gasteiger partial charge on any atom is -0.330 e. The molecule has 0 aromatic rings. The fraction of sp³-hybridized carbons (Fsp3) is 1.00. The van der Waals surface area contributed by atoms with Crippen molar-refractivity contribution in [1.82, 2.24) is 4.57 Å². The Kier molecular flexibility index (Phi) is 8.33. The van der Waals surface area contributed by atoms with E-state index in [0.29, 0.717) is 0 Å². The number of nitrogens with zero attached hydrogens (tertiary/aromatic N) is 1. The van der Waals surface area contributed by atoms with Gasteiger partial charge in [0.05, 0.1) is 9.68 Å². The molecule has 0 radical (unpaired) electrons. The number of alkyl halides is 15. The van der Waals surface area contributed by atoms with E-state index < -0.39 is 63.9 Å². The molecule has 0 saturated heterocycles. The van der Waals surface area contributed by atoms with Crippen LogP contribution in [0.5, 0.6) is 0 Å². The Morgan fingerprint density at radius 3 is 1.20 bits per heavy atom. The maximum atomic E-state index is 13.6. The summed E-state index contributed by atoms with van der Waals surface area (Å²) in [5.41, 5.74) is 0. The Morgan fingerprint density at radius 2 is 0.867 bits per heavy atom. The molecule has 0 atom stereocenters. The molecule has 0 spiro atoms. The van der Waals surface area contributed by atoms with Crippen LogP contribution in [0.25, 0.3) is 0 Å². The van der Waals surface area contributed by atoms with Crippen LogP contribution in [0.15, 0.2) is 0 Å². The largest absolute Gasteiger partial charge is 0.460 e. The first-order valence-electron chi connectivity index (χ1n) is 8.05. The van der Waals surface area contributed by atoms with Gasteiger partial charge in [-0.2, -0.15) is 65.9 Å². The molecule has 0 aliphatic carbocycles. The van der Waals surface area contributed by atoms with E-state index >= 15 is 0 Å². The molecule has 0 rings (SSSR count). The second kappa shape index (κ2) is 8.58. The molecule has 0 aliphatic rings. The molecule has 17 heteroatoms. The Morgan fingerprint density at radius 1 is 0.533 bits per heavy atom. The Bertz CT molecular complexity index is 567. The number of rotatable bonds is 11. The highest BCUT2D eigenvalue weighted by Gasteiger charge is 2.93. The van der Waals surface area contributed by atoms with Crippen molar-refractivity contribution < 1.29 is 65.9 Å². The van der Waals surface area contributed by atoms with Crippen LogP contribution in [0.3, 0.4) is 0 Å². The number of hydrogen-bond acceptors (Lipinski definition) is 1. The molecule has 0 unspecified atom stereocenters. The van der Waals surface area contributed by atoms with Gasteiger partial charge in [-0.25, -0.2) is 0 Å². The second-order valence-corrected chi connectivity index (χ2v) is 8.25. The number of halogens is 15. The first-order chi connectivity index (χ1) is 13.0. The molecule has 182 valence electrons. The predicted molar refractivity (Wildman–Crippen MR) is 76.6 cm³/mol. The average molecular weight is 499 g/mol. The zero-order valence-corrected chi connectivity index (χ0v) is 16.6. The van der Waals surface area contributed by atoms with Crippen molar-refractivity contribution >= 4 is 9.68 Å². The molecule has 0 aromatic heterocycles. The van der Waals surface area contributed by atoms with E-state index in [1.165, 1.54) is 18.4 Å². The summed E-state index contributed by atoms with van der Waals surface area (Å²) in [7, 11) is -1.79. The van der Waals surface area contributed by atoms with E-state index in [0.717, 1.165) is 0 Å². The fourth-order valence-corrected chi connectivity index (χ4v) is 3.90.